The number of likely N-dealkylation sites (tertiary alicyclic amines) is 1. The van der Waals surface area contributed by atoms with E-state index in [1.807, 2.05) is 4.90 Å². The van der Waals surface area contributed by atoms with Gasteiger partial charge in [0.1, 0.15) is 5.82 Å². The third-order valence-electron chi connectivity index (χ3n) is 6.33. The van der Waals surface area contributed by atoms with Crippen molar-refractivity contribution in [1.29, 1.82) is 0 Å². The molecule has 0 atom stereocenters. The standard InChI is InChI=1S/C24H28FN3O3/c25-19-3-1-2-17(14-19)22-9-6-18(15-26-22)23(30)27-20-7-4-16(5-8-20)24(31)28-12-10-21(29)11-13-28/h1-3,6,9,14-16,20-21,29H,4-5,7-8,10-13H2,(H,27,30). The lowest BCUT2D eigenvalue weighted by Gasteiger charge is -2.35. The Labute approximate surface area is 181 Å². The first-order valence-electron chi connectivity index (χ1n) is 11.0. The van der Waals surface area contributed by atoms with Gasteiger partial charge in [-0.1, -0.05) is 12.1 Å². The summed E-state index contributed by atoms with van der Waals surface area (Å²) in [5.41, 5.74) is 1.74. The van der Waals surface area contributed by atoms with Gasteiger partial charge in [-0.15, -0.1) is 0 Å². The number of carbonyl (C=O) groups excluding carboxylic acids is 2. The third kappa shape index (κ3) is 5.28. The minimum Gasteiger partial charge on any atom is -0.393 e. The fourth-order valence-electron chi connectivity index (χ4n) is 4.44. The second kappa shape index (κ2) is 9.56. The van der Waals surface area contributed by atoms with Gasteiger partial charge in [0.15, 0.2) is 0 Å². The van der Waals surface area contributed by atoms with Crippen molar-refractivity contribution in [2.75, 3.05) is 13.1 Å². The fraction of sp³-hybridized carbons (Fsp3) is 0.458. The Morgan fingerprint density at radius 2 is 1.77 bits per heavy atom. The van der Waals surface area contributed by atoms with Gasteiger partial charge in [0, 0.05) is 36.8 Å². The summed E-state index contributed by atoms with van der Waals surface area (Å²) in [5, 5.41) is 12.7. The number of aliphatic hydroxyl groups is 1. The smallest absolute Gasteiger partial charge is 0.253 e. The van der Waals surface area contributed by atoms with Crippen molar-refractivity contribution >= 4 is 11.8 Å². The Bertz CT molecular complexity index is 918. The molecule has 0 spiro atoms. The zero-order valence-corrected chi connectivity index (χ0v) is 17.5. The molecule has 1 saturated carbocycles. The average molecular weight is 426 g/mol. The van der Waals surface area contributed by atoms with Crippen molar-refractivity contribution < 1.29 is 19.1 Å². The minimum atomic E-state index is -0.326. The van der Waals surface area contributed by atoms with Crippen LogP contribution in [-0.4, -0.2) is 52.0 Å². The minimum absolute atomic E-state index is 0.00983. The first kappa shape index (κ1) is 21.4. The first-order chi connectivity index (χ1) is 15.0. The fourth-order valence-corrected chi connectivity index (χ4v) is 4.44. The predicted octanol–water partition coefficient (Wildman–Crippen LogP) is 3.16. The van der Waals surface area contributed by atoms with Gasteiger partial charge in [-0.05, 0) is 62.8 Å². The topological polar surface area (TPSA) is 82.5 Å². The van der Waals surface area contributed by atoms with Crippen LogP contribution in [0.15, 0.2) is 42.6 Å². The van der Waals surface area contributed by atoms with Crippen LogP contribution in [0.5, 0.6) is 0 Å². The number of amides is 2. The number of benzene rings is 1. The van der Waals surface area contributed by atoms with E-state index in [1.54, 1.807) is 24.3 Å². The summed E-state index contributed by atoms with van der Waals surface area (Å²) in [4.78, 5) is 31.5. The van der Waals surface area contributed by atoms with Crippen LogP contribution < -0.4 is 5.32 Å². The molecule has 2 N–H and O–H groups in total. The van der Waals surface area contributed by atoms with E-state index >= 15 is 0 Å². The number of pyridine rings is 1. The van der Waals surface area contributed by atoms with Gasteiger partial charge in [-0.3, -0.25) is 14.6 Å². The van der Waals surface area contributed by atoms with Gasteiger partial charge in [0.05, 0.1) is 17.4 Å². The highest BCUT2D eigenvalue weighted by molar-refractivity contribution is 5.94. The van der Waals surface area contributed by atoms with Gasteiger partial charge >= 0.3 is 0 Å². The first-order valence-corrected chi connectivity index (χ1v) is 11.0. The van der Waals surface area contributed by atoms with Crippen LogP contribution in [0.1, 0.15) is 48.9 Å². The van der Waals surface area contributed by atoms with Gasteiger partial charge < -0.3 is 15.3 Å². The van der Waals surface area contributed by atoms with Crippen molar-refractivity contribution in [2.24, 2.45) is 5.92 Å². The summed E-state index contributed by atoms with van der Waals surface area (Å²) < 4.78 is 13.4. The Balaban J connectivity index is 1.27. The number of piperidine rings is 1. The maximum atomic E-state index is 13.4. The lowest BCUT2D eigenvalue weighted by molar-refractivity contribution is -0.138. The highest BCUT2D eigenvalue weighted by Gasteiger charge is 2.31. The molecule has 6 nitrogen and oxygen atoms in total. The van der Waals surface area contributed by atoms with Crippen molar-refractivity contribution in [2.45, 2.75) is 50.7 Å². The van der Waals surface area contributed by atoms with E-state index in [9.17, 15) is 19.1 Å². The number of carbonyl (C=O) groups is 2. The number of nitrogens with zero attached hydrogens (tertiary/aromatic N) is 2. The maximum Gasteiger partial charge on any atom is 0.253 e. The van der Waals surface area contributed by atoms with Crippen molar-refractivity contribution in [1.82, 2.24) is 15.2 Å². The Morgan fingerprint density at radius 3 is 2.42 bits per heavy atom. The van der Waals surface area contributed by atoms with Crippen LogP contribution in [0, 0.1) is 11.7 Å². The maximum absolute atomic E-state index is 13.4. The highest BCUT2D eigenvalue weighted by atomic mass is 19.1. The molecule has 1 saturated heterocycles. The lowest BCUT2D eigenvalue weighted by Crippen LogP contribution is -2.45. The number of nitrogens with one attached hydrogen (secondary N) is 1. The SMILES string of the molecule is O=C(NC1CCC(C(=O)N2CCC(O)CC2)CC1)c1ccc(-c2cccc(F)c2)nc1. The van der Waals surface area contributed by atoms with E-state index in [1.165, 1.54) is 18.3 Å². The van der Waals surface area contributed by atoms with Gasteiger partial charge in [0.2, 0.25) is 5.91 Å². The molecule has 0 radical (unpaired) electrons. The summed E-state index contributed by atoms with van der Waals surface area (Å²) >= 11 is 0. The molecule has 0 unspecified atom stereocenters. The van der Waals surface area contributed by atoms with Crippen LogP contribution in [-0.2, 0) is 4.79 Å². The number of hydrogen-bond acceptors (Lipinski definition) is 4. The van der Waals surface area contributed by atoms with E-state index in [0.29, 0.717) is 42.8 Å². The molecule has 164 valence electrons. The third-order valence-corrected chi connectivity index (χ3v) is 6.33. The molecule has 2 amide bonds. The number of hydrogen-bond donors (Lipinski definition) is 2. The Hall–Kier alpha value is -2.80. The highest BCUT2D eigenvalue weighted by Crippen LogP contribution is 2.27. The molecule has 1 aliphatic carbocycles. The van der Waals surface area contributed by atoms with Crippen LogP contribution in [0.3, 0.4) is 0 Å². The molecular weight excluding hydrogens is 397 g/mol. The summed E-state index contributed by atoms with van der Waals surface area (Å²) in [7, 11) is 0. The summed E-state index contributed by atoms with van der Waals surface area (Å²) in [6, 6.07) is 9.65. The molecule has 1 aromatic heterocycles. The monoisotopic (exact) mass is 425 g/mol. The average Bonchev–Trinajstić information content (AvgIpc) is 2.80. The molecule has 1 aromatic carbocycles. The summed E-state index contributed by atoms with van der Waals surface area (Å²) in [6.07, 6.45) is 5.61. The zero-order chi connectivity index (χ0) is 21.8. The molecule has 2 aromatic rings. The number of rotatable bonds is 4. The molecule has 2 fully saturated rings. The van der Waals surface area contributed by atoms with Crippen LogP contribution in [0.25, 0.3) is 11.3 Å². The molecular formula is C24H28FN3O3. The van der Waals surface area contributed by atoms with Gasteiger partial charge in [-0.25, -0.2) is 4.39 Å². The quantitative estimate of drug-likeness (QED) is 0.788. The lowest BCUT2D eigenvalue weighted by atomic mass is 9.84. The molecule has 0 bridgehead atoms. The predicted molar refractivity (Wildman–Crippen MR) is 115 cm³/mol. The molecule has 4 rings (SSSR count). The normalized spacial score (nSPS) is 22.2. The number of halogens is 1. The van der Waals surface area contributed by atoms with E-state index in [4.69, 9.17) is 0 Å². The van der Waals surface area contributed by atoms with E-state index in [0.717, 1.165) is 25.7 Å². The number of aromatic nitrogens is 1. The van der Waals surface area contributed by atoms with Crippen LogP contribution in [0.4, 0.5) is 4.39 Å². The second-order valence-electron chi connectivity index (χ2n) is 8.52. The van der Waals surface area contributed by atoms with Crippen LogP contribution in [0.2, 0.25) is 0 Å². The largest absolute Gasteiger partial charge is 0.393 e. The molecule has 2 aliphatic rings. The van der Waals surface area contributed by atoms with E-state index in [-0.39, 0.29) is 35.7 Å². The molecule has 31 heavy (non-hydrogen) atoms. The zero-order valence-electron chi connectivity index (χ0n) is 17.5. The van der Waals surface area contributed by atoms with Gasteiger partial charge in [0.25, 0.3) is 5.91 Å². The summed E-state index contributed by atoms with van der Waals surface area (Å²) in [5.74, 6) is -0.310. The Morgan fingerprint density at radius 1 is 1.03 bits per heavy atom. The van der Waals surface area contributed by atoms with Gasteiger partial charge in [-0.2, -0.15) is 0 Å². The van der Waals surface area contributed by atoms with Crippen molar-refractivity contribution in [3.8, 4) is 11.3 Å². The second-order valence-corrected chi connectivity index (χ2v) is 8.52. The molecule has 1 aliphatic heterocycles. The van der Waals surface area contributed by atoms with Crippen molar-refractivity contribution in [3.05, 3.63) is 54.0 Å². The Kier molecular flexibility index (Phi) is 6.61. The van der Waals surface area contributed by atoms with E-state index < -0.39 is 0 Å². The van der Waals surface area contributed by atoms with Crippen molar-refractivity contribution in [3.63, 3.8) is 0 Å². The summed E-state index contributed by atoms with van der Waals surface area (Å²) in [6.45, 7) is 1.27. The molecule has 2 heterocycles. The molecule has 7 heteroatoms. The van der Waals surface area contributed by atoms with E-state index in [2.05, 4.69) is 10.3 Å². The number of aliphatic hydroxyl groups excluding tert-OH is 1. The van der Waals surface area contributed by atoms with Crippen LogP contribution >= 0.6 is 0 Å².